The van der Waals surface area contributed by atoms with Gasteiger partial charge in [-0.2, -0.15) is 0 Å². The lowest BCUT2D eigenvalue weighted by Gasteiger charge is -2.24. The summed E-state index contributed by atoms with van der Waals surface area (Å²) < 4.78 is 5.22. The number of hydrogen-bond acceptors (Lipinski definition) is 3. The third-order valence-corrected chi connectivity index (χ3v) is 2.37. The minimum atomic E-state index is 0.331. The zero-order chi connectivity index (χ0) is 8.97. The monoisotopic (exact) mass is 172 g/mol. The fourth-order valence-electron chi connectivity index (χ4n) is 1.43. The highest BCUT2D eigenvalue weighted by Crippen LogP contribution is 2.26. The molecule has 1 unspecified atom stereocenters. The Bertz CT molecular complexity index is 126. The van der Waals surface area contributed by atoms with E-state index in [1.165, 1.54) is 12.8 Å². The number of rotatable bonds is 6. The van der Waals surface area contributed by atoms with Crippen molar-refractivity contribution >= 4 is 0 Å². The van der Waals surface area contributed by atoms with E-state index in [2.05, 4.69) is 11.8 Å². The van der Waals surface area contributed by atoms with Crippen molar-refractivity contribution in [2.45, 2.75) is 31.9 Å². The Morgan fingerprint density at radius 2 is 2.25 bits per heavy atom. The molecular formula is C9H20N2O. The van der Waals surface area contributed by atoms with Gasteiger partial charge in [0.25, 0.3) is 0 Å². The fraction of sp³-hybridized carbons (Fsp3) is 1.00. The number of hydrogen-bond donors (Lipinski definition) is 1. The summed E-state index contributed by atoms with van der Waals surface area (Å²) in [6, 6.07) is 0.797. The molecule has 0 spiro atoms. The fourth-order valence-corrected chi connectivity index (χ4v) is 1.43. The minimum absolute atomic E-state index is 0.331. The van der Waals surface area contributed by atoms with E-state index >= 15 is 0 Å². The number of ether oxygens (including phenoxy) is 1. The smallest absolute Gasteiger partial charge is 0.0670 e. The van der Waals surface area contributed by atoms with Crippen LogP contribution in [-0.4, -0.2) is 43.8 Å². The van der Waals surface area contributed by atoms with E-state index in [4.69, 9.17) is 10.5 Å². The molecule has 1 atom stereocenters. The normalized spacial score (nSPS) is 20.0. The van der Waals surface area contributed by atoms with Gasteiger partial charge in [-0.05, 0) is 19.8 Å². The van der Waals surface area contributed by atoms with Gasteiger partial charge in [-0.15, -0.1) is 0 Å². The van der Waals surface area contributed by atoms with Crippen molar-refractivity contribution in [1.29, 1.82) is 0 Å². The van der Waals surface area contributed by atoms with Crippen molar-refractivity contribution in [1.82, 2.24) is 4.90 Å². The molecule has 1 aliphatic rings. The van der Waals surface area contributed by atoms with E-state index in [0.717, 1.165) is 25.7 Å². The highest BCUT2D eigenvalue weighted by Gasteiger charge is 2.28. The van der Waals surface area contributed by atoms with Gasteiger partial charge in [-0.25, -0.2) is 0 Å². The molecule has 72 valence electrons. The first kappa shape index (κ1) is 9.96. The minimum Gasteiger partial charge on any atom is -0.380 e. The number of nitrogens with two attached hydrogens (primary N) is 1. The van der Waals surface area contributed by atoms with Crippen molar-refractivity contribution in [2.75, 3.05) is 26.7 Å². The maximum atomic E-state index is 5.53. The average molecular weight is 172 g/mol. The molecule has 1 saturated carbocycles. The molecule has 0 saturated heterocycles. The standard InChI is InChI=1S/C9H20N2O/c1-8(12-2)7-11(6-5-10)9-3-4-9/h8-9H,3-7,10H2,1-2H3. The number of nitrogens with zero attached hydrogens (tertiary/aromatic N) is 1. The molecule has 0 aromatic rings. The van der Waals surface area contributed by atoms with Crippen molar-refractivity contribution in [3.05, 3.63) is 0 Å². The summed E-state index contributed by atoms with van der Waals surface area (Å²) in [6.07, 6.45) is 3.02. The van der Waals surface area contributed by atoms with Crippen LogP contribution in [0.1, 0.15) is 19.8 Å². The molecule has 0 amide bonds. The maximum absolute atomic E-state index is 5.53. The first-order valence-corrected chi connectivity index (χ1v) is 4.74. The first-order chi connectivity index (χ1) is 5.77. The van der Waals surface area contributed by atoms with Crippen LogP contribution in [-0.2, 0) is 4.74 Å². The molecule has 0 radical (unpaired) electrons. The van der Waals surface area contributed by atoms with E-state index in [1.807, 2.05) is 0 Å². The average Bonchev–Trinajstić information content (AvgIpc) is 2.86. The van der Waals surface area contributed by atoms with Gasteiger partial charge >= 0.3 is 0 Å². The predicted molar refractivity (Wildman–Crippen MR) is 50.1 cm³/mol. The molecule has 0 aromatic heterocycles. The quantitative estimate of drug-likeness (QED) is 0.632. The van der Waals surface area contributed by atoms with Crippen molar-refractivity contribution in [3.63, 3.8) is 0 Å². The van der Waals surface area contributed by atoms with Crippen LogP contribution in [0.15, 0.2) is 0 Å². The van der Waals surface area contributed by atoms with Crippen LogP contribution in [0.3, 0.4) is 0 Å². The van der Waals surface area contributed by atoms with Gasteiger partial charge in [-0.3, -0.25) is 4.90 Å². The third-order valence-electron chi connectivity index (χ3n) is 2.37. The molecule has 1 rings (SSSR count). The number of methoxy groups -OCH3 is 1. The molecule has 1 aliphatic carbocycles. The van der Waals surface area contributed by atoms with Gasteiger partial charge < -0.3 is 10.5 Å². The van der Waals surface area contributed by atoms with Crippen LogP contribution in [0.2, 0.25) is 0 Å². The van der Waals surface area contributed by atoms with Crippen molar-refractivity contribution in [3.8, 4) is 0 Å². The molecular weight excluding hydrogens is 152 g/mol. The molecule has 0 bridgehead atoms. The molecule has 3 heteroatoms. The summed E-state index contributed by atoms with van der Waals surface area (Å²) in [6.45, 7) is 4.90. The van der Waals surface area contributed by atoms with Crippen LogP contribution in [0, 0.1) is 0 Å². The lowest BCUT2D eigenvalue weighted by Crippen LogP contribution is -2.37. The molecule has 1 fully saturated rings. The van der Waals surface area contributed by atoms with E-state index < -0.39 is 0 Å². The Kier molecular flexibility index (Phi) is 3.98. The van der Waals surface area contributed by atoms with Gasteiger partial charge in [0.1, 0.15) is 0 Å². The zero-order valence-corrected chi connectivity index (χ0v) is 8.12. The van der Waals surface area contributed by atoms with Gasteiger partial charge in [0, 0.05) is 32.8 Å². The summed E-state index contributed by atoms with van der Waals surface area (Å²) in [5.74, 6) is 0. The highest BCUT2D eigenvalue weighted by molar-refractivity contribution is 4.85. The SMILES string of the molecule is COC(C)CN(CCN)C1CC1. The predicted octanol–water partition coefficient (Wildman–Crippen LogP) is 0.444. The maximum Gasteiger partial charge on any atom is 0.0670 e. The second-order valence-corrected chi connectivity index (χ2v) is 3.56. The summed E-state index contributed by atoms with van der Waals surface area (Å²) in [4.78, 5) is 2.44. The van der Waals surface area contributed by atoms with E-state index in [-0.39, 0.29) is 0 Å². The van der Waals surface area contributed by atoms with Crippen molar-refractivity contribution in [2.24, 2.45) is 5.73 Å². The molecule has 2 N–H and O–H groups in total. The van der Waals surface area contributed by atoms with E-state index in [0.29, 0.717) is 6.10 Å². The van der Waals surface area contributed by atoms with Crippen LogP contribution in [0.5, 0.6) is 0 Å². The largest absolute Gasteiger partial charge is 0.380 e. The second-order valence-electron chi connectivity index (χ2n) is 3.56. The Morgan fingerprint density at radius 3 is 2.67 bits per heavy atom. The van der Waals surface area contributed by atoms with Crippen LogP contribution >= 0.6 is 0 Å². The van der Waals surface area contributed by atoms with Crippen LogP contribution in [0.25, 0.3) is 0 Å². The second kappa shape index (κ2) is 4.80. The van der Waals surface area contributed by atoms with Crippen LogP contribution < -0.4 is 5.73 Å². The molecule has 12 heavy (non-hydrogen) atoms. The lowest BCUT2D eigenvalue weighted by atomic mass is 10.3. The lowest BCUT2D eigenvalue weighted by molar-refractivity contribution is 0.0752. The van der Waals surface area contributed by atoms with E-state index in [1.54, 1.807) is 7.11 Å². The first-order valence-electron chi connectivity index (χ1n) is 4.74. The zero-order valence-electron chi connectivity index (χ0n) is 8.12. The summed E-state index contributed by atoms with van der Waals surface area (Å²) >= 11 is 0. The Hall–Kier alpha value is -0.120. The summed E-state index contributed by atoms with van der Waals surface area (Å²) in [7, 11) is 1.76. The summed E-state index contributed by atoms with van der Waals surface area (Å²) in [5.41, 5.74) is 5.53. The third kappa shape index (κ3) is 3.09. The van der Waals surface area contributed by atoms with Gasteiger partial charge in [0.05, 0.1) is 6.10 Å². The Morgan fingerprint density at radius 1 is 1.58 bits per heavy atom. The summed E-state index contributed by atoms with van der Waals surface area (Å²) in [5, 5.41) is 0. The highest BCUT2D eigenvalue weighted by atomic mass is 16.5. The van der Waals surface area contributed by atoms with Gasteiger partial charge in [0.2, 0.25) is 0 Å². The van der Waals surface area contributed by atoms with Crippen molar-refractivity contribution < 1.29 is 4.74 Å². The topological polar surface area (TPSA) is 38.5 Å². The van der Waals surface area contributed by atoms with Gasteiger partial charge in [0.15, 0.2) is 0 Å². The Balaban J connectivity index is 2.22. The van der Waals surface area contributed by atoms with Crippen LogP contribution in [0.4, 0.5) is 0 Å². The molecule has 3 nitrogen and oxygen atoms in total. The van der Waals surface area contributed by atoms with Gasteiger partial charge in [-0.1, -0.05) is 0 Å². The molecule has 0 aromatic carbocycles. The van der Waals surface area contributed by atoms with E-state index in [9.17, 15) is 0 Å². The molecule has 0 heterocycles. The Labute approximate surface area is 74.9 Å². The molecule has 0 aliphatic heterocycles.